The van der Waals surface area contributed by atoms with E-state index in [1.54, 1.807) is 12.1 Å². The molecule has 1 atom stereocenters. The summed E-state index contributed by atoms with van der Waals surface area (Å²) >= 11 is 1.87. The number of dihydropyridines is 1. The molecule has 0 fully saturated rings. The summed E-state index contributed by atoms with van der Waals surface area (Å²) in [7, 11) is -3.45. The van der Waals surface area contributed by atoms with Gasteiger partial charge in [-0.25, -0.2) is 12.8 Å². The van der Waals surface area contributed by atoms with Crippen molar-refractivity contribution >= 4 is 38.2 Å². The molecular weight excluding hydrogens is 446 g/mol. The van der Waals surface area contributed by atoms with Gasteiger partial charge in [-0.3, -0.25) is 4.79 Å². The number of hydrogen-bond acceptors (Lipinski definition) is 5. The fourth-order valence-corrected chi connectivity index (χ4v) is 5.84. The number of Topliss-reactive ketones (excluding diaryl/α,β-unsaturated/α-hetero) is 1. The zero-order valence-corrected chi connectivity index (χ0v) is 15.4. The van der Waals surface area contributed by atoms with Crippen molar-refractivity contribution < 1.29 is 22.3 Å². The second-order valence-electron chi connectivity index (χ2n) is 5.95. The van der Waals surface area contributed by atoms with Crippen LogP contribution in [0.1, 0.15) is 17.9 Å². The van der Waals surface area contributed by atoms with Gasteiger partial charge in [-0.05, 0) is 40.3 Å². The average Bonchev–Trinajstić information content (AvgIpc) is 2.84. The Labute approximate surface area is 152 Å². The third kappa shape index (κ3) is 2.42. The van der Waals surface area contributed by atoms with Gasteiger partial charge in [0.2, 0.25) is 0 Å². The highest BCUT2D eigenvalue weighted by molar-refractivity contribution is 14.1. The zero-order chi connectivity index (χ0) is 17.1. The van der Waals surface area contributed by atoms with Crippen molar-refractivity contribution in [1.29, 1.82) is 0 Å². The van der Waals surface area contributed by atoms with Gasteiger partial charge in [0.1, 0.15) is 12.4 Å². The van der Waals surface area contributed by atoms with Crippen LogP contribution < -0.4 is 5.32 Å². The van der Waals surface area contributed by atoms with E-state index in [0.717, 1.165) is 0 Å². The molecule has 1 N–H and O–H groups in total. The number of allylic oxidation sites excluding steroid dienone is 2. The SMILES string of the molecule is O=C1COCC2=C1C(c1ccc(F)c([125I])c1)C1=C(CCS1(=O)=O)N2. The van der Waals surface area contributed by atoms with Gasteiger partial charge in [0.25, 0.3) is 0 Å². The van der Waals surface area contributed by atoms with Crippen molar-refractivity contribution in [2.24, 2.45) is 0 Å². The highest BCUT2D eigenvalue weighted by atomic mass is 125. The third-order valence-corrected chi connectivity index (χ3v) is 7.21. The number of halogens is 2. The first-order valence-corrected chi connectivity index (χ1v) is 10.1. The van der Waals surface area contributed by atoms with Crippen LogP contribution in [0.4, 0.5) is 4.39 Å². The monoisotopic (exact) mass is 459 g/mol. The van der Waals surface area contributed by atoms with Crippen LogP contribution in [0.25, 0.3) is 0 Å². The smallest absolute Gasteiger partial charge is 0.187 e. The molecule has 0 bridgehead atoms. The fourth-order valence-electron chi connectivity index (χ4n) is 3.47. The maximum atomic E-state index is 13.6. The van der Waals surface area contributed by atoms with Gasteiger partial charge in [-0.1, -0.05) is 6.07 Å². The van der Waals surface area contributed by atoms with Crippen molar-refractivity contribution in [2.45, 2.75) is 12.3 Å². The van der Waals surface area contributed by atoms with Gasteiger partial charge in [-0.2, -0.15) is 0 Å². The molecule has 0 amide bonds. The Kier molecular flexibility index (Phi) is 3.81. The topological polar surface area (TPSA) is 72.5 Å². The third-order valence-electron chi connectivity index (χ3n) is 4.49. The highest BCUT2D eigenvalue weighted by Gasteiger charge is 2.44. The van der Waals surface area contributed by atoms with Crippen LogP contribution in [0, 0.1) is 9.39 Å². The second kappa shape index (κ2) is 5.63. The Morgan fingerprint density at radius 1 is 1.25 bits per heavy atom. The van der Waals surface area contributed by atoms with Gasteiger partial charge >= 0.3 is 0 Å². The Balaban J connectivity index is 1.96. The lowest BCUT2D eigenvalue weighted by molar-refractivity contribution is -0.121. The van der Waals surface area contributed by atoms with Gasteiger partial charge in [0.15, 0.2) is 15.6 Å². The minimum Gasteiger partial charge on any atom is -0.367 e. The maximum Gasteiger partial charge on any atom is 0.187 e. The van der Waals surface area contributed by atoms with Gasteiger partial charge < -0.3 is 10.1 Å². The number of sulfone groups is 1. The summed E-state index contributed by atoms with van der Waals surface area (Å²) in [5, 5.41) is 3.09. The average molecular weight is 459 g/mol. The molecule has 4 rings (SSSR count). The van der Waals surface area contributed by atoms with E-state index >= 15 is 0 Å². The van der Waals surface area contributed by atoms with Crippen molar-refractivity contribution in [3.8, 4) is 0 Å². The molecule has 3 aliphatic rings. The number of ketones is 1. The number of nitrogens with one attached hydrogen (secondary N) is 1. The summed E-state index contributed by atoms with van der Waals surface area (Å²) in [6.07, 6.45) is 0.386. The summed E-state index contributed by atoms with van der Waals surface area (Å²) < 4.78 is 44.5. The number of benzene rings is 1. The van der Waals surface area contributed by atoms with E-state index in [9.17, 15) is 17.6 Å². The van der Waals surface area contributed by atoms with Crippen LogP contribution in [-0.4, -0.2) is 33.2 Å². The molecular formula is C16H13FINO4S. The van der Waals surface area contributed by atoms with Crippen LogP contribution in [0.2, 0.25) is 0 Å². The van der Waals surface area contributed by atoms with Crippen molar-refractivity contribution in [2.75, 3.05) is 19.0 Å². The molecule has 0 spiro atoms. The lowest BCUT2D eigenvalue weighted by atomic mass is 9.83. The summed E-state index contributed by atoms with van der Waals surface area (Å²) in [6, 6.07) is 4.47. The second-order valence-corrected chi connectivity index (χ2v) is 9.19. The van der Waals surface area contributed by atoms with Crippen LogP contribution in [-0.2, 0) is 19.4 Å². The largest absolute Gasteiger partial charge is 0.367 e. The summed E-state index contributed by atoms with van der Waals surface area (Å²) in [5.41, 5.74) is 2.28. The maximum absolute atomic E-state index is 13.6. The van der Waals surface area contributed by atoms with E-state index in [1.807, 2.05) is 22.6 Å². The first-order valence-electron chi connectivity index (χ1n) is 7.40. The fraction of sp³-hybridized carbons (Fsp3) is 0.312. The predicted molar refractivity (Wildman–Crippen MR) is 93.3 cm³/mol. The number of rotatable bonds is 1. The van der Waals surface area contributed by atoms with Crippen LogP contribution >= 0.6 is 22.6 Å². The van der Waals surface area contributed by atoms with Crippen molar-refractivity contribution in [3.63, 3.8) is 0 Å². The molecule has 1 unspecified atom stereocenters. The normalized spacial score (nSPS) is 25.4. The molecule has 0 saturated carbocycles. The first-order chi connectivity index (χ1) is 11.4. The standard InChI is InChI=1S/C16H13FINO4S/c17-9-2-1-8(5-10(9)18)14-15-12(6-23-7-13(15)20)19-11-3-4-24(21,22)16(11)14/h1-2,5,14,19H,3-4,6-7H2/i18-2. The van der Waals surface area contributed by atoms with E-state index in [2.05, 4.69) is 5.32 Å². The lowest BCUT2D eigenvalue weighted by Crippen LogP contribution is -2.36. The van der Waals surface area contributed by atoms with Gasteiger partial charge in [0, 0.05) is 27.0 Å². The van der Waals surface area contributed by atoms with Crippen molar-refractivity contribution in [3.05, 3.63) is 55.0 Å². The zero-order valence-electron chi connectivity index (χ0n) is 12.4. The number of carbonyl (C=O) groups is 1. The molecule has 0 aliphatic carbocycles. The number of ether oxygens (including phenoxy) is 1. The van der Waals surface area contributed by atoms with Crippen LogP contribution in [0.5, 0.6) is 0 Å². The molecule has 3 aliphatic heterocycles. The lowest BCUT2D eigenvalue weighted by Gasteiger charge is -2.33. The Morgan fingerprint density at radius 3 is 2.79 bits per heavy atom. The van der Waals surface area contributed by atoms with Gasteiger partial charge in [0.05, 0.1) is 23.2 Å². The van der Waals surface area contributed by atoms with E-state index < -0.39 is 15.8 Å². The summed E-state index contributed by atoms with van der Waals surface area (Å²) in [5.74, 6) is -1.27. The molecule has 126 valence electrons. The summed E-state index contributed by atoms with van der Waals surface area (Å²) in [6.45, 7) is 0.171. The Bertz CT molecular complexity index is 935. The minimum absolute atomic E-state index is 0.0229. The molecule has 8 heteroatoms. The molecule has 1 aromatic rings. The Morgan fingerprint density at radius 2 is 2.04 bits per heavy atom. The molecule has 5 nitrogen and oxygen atoms in total. The molecule has 24 heavy (non-hydrogen) atoms. The quantitative estimate of drug-likeness (QED) is 0.651. The minimum atomic E-state index is -3.45. The van der Waals surface area contributed by atoms with Crippen molar-refractivity contribution in [1.82, 2.24) is 5.32 Å². The molecule has 1 aromatic carbocycles. The Hall–Kier alpha value is -1.26. The van der Waals surface area contributed by atoms with E-state index in [-0.39, 0.29) is 35.5 Å². The molecule has 0 aromatic heterocycles. The number of carbonyl (C=O) groups excluding carboxylic acids is 1. The number of hydrogen-bond donors (Lipinski definition) is 1. The summed E-state index contributed by atoms with van der Waals surface area (Å²) in [4.78, 5) is 12.7. The van der Waals surface area contributed by atoms with E-state index in [1.165, 1.54) is 6.07 Å². The van der Waals surface area contributed by atoms with Crippen LogP contribution in [0.15, 0.2) is 40.1 Å². The van der Waals surface area contributed by atoms with E-state index in [4.69, 9.17) is 4.74 Å². The molecule has 0 saturated heterocycles. The van der Waals surface area contributed by atoms with Gasteiger partial charge in [-0.15, -0.1) is 0 Å². The first kappa shape index (κ1) is 16.2. The molecule has 0 radical (unpaired) electrons. The van der Waals surface area contributed by atoms with E-state index in [0.29, 0.717) is 32.5 Å². The molecule has 3 heterocycles. The van der Waals surface area contributed by atoms with Crippen LogP contribution in [0.3, 0.4) is 0 Å². The highest BCUT2D eigenvalue weighted by Crippen LogP contribution is 2.46. The predicted octanol–water partition coefficient (Wildman–Crippen LogP) is 2.00.